The predicted molar refractivity (Wildman–Crippen MR) is 51.6 cm³/mol. The first-order chi connectivity index (χ1) is 9.23. The number of carbonyl (C=O) groups excluding carboxylic acids is 2. The molecule has 0 aliphatic carbocycles. The molecule has 5 nitrogen and oxygen atoms in total. The van der Waals surface area contributed by atoms with Crippen molar-refractivity contribution in [2.24, 2.45) is 5.92 Å². The van der Waals surface area contributed by atoms with E-state index in [1.165, 1.54) is 6.92 Å². The highest BCUT2D eigenvalue weighted by atomic mass is 19.4. The van der Waals surface area contributed by atoms with Gasteiger partial charge in [0.2, 0.25) is 0 Å². The summed E-state index contributed by atoms with van der Waals surface area (Å²) in [7, 11) is 0. The van der Waals surface area contributed by atoms with Gasteiger partial charge in [0.25, 0.3) is 0 Å². The molecule has 0 fully saturated rings. The van der Waals surface area contributed by atoms with Crippen LogP contribution in [0.1, 0.15) is 13.8 Å². The molecule has 0 aliphatic rings. The molecule has 0 saturated heterocycles. The van der Waals surface area contributed by atoms with Crippen molar-refractivity contribution in [2.75, 3.05) is 13.2 Å². The standard InChI is InChI=1S/C10H11F6O5/c1-5(3-20-6(2)17)4-21-7(18)8(19,9(11,12)13)10(14,15)16/h5H,3-4H2,1-2H3/q-1. The predicted octanol–water partition coefficient (Wildman–Crippen LogP) is 0.953. The Balaban J connectivity index is 4.85. The number of halogens is 6. The minimum Gasteiger partial charge on any atom is -0.828 e. The summed E-state index contributed by atoms with van der Waals surface area (Å²) < 4.78 is 81.5. The summed E-state index contributed by atoms with van der Waals surface area (Å²) in [5.41, 5.74) is -5.86. The first-order valence-electron chi connectivity index (χ1n) is 5.38. The Hall–Kier alpha value is -1.52. The van der Waals surface area contributed by atoms with Crippen molar-refractivity contribution in [2.45, 2.75) is 31.8 Å². The number of esters is 2. The lowest BCUT2D eigenvalue weighted by Crippen LogP contribution is -2.71. The van der Waals surface area contributed by atoms with Crippen molar-refractivity contribution in [3.63, 3.8) is 0 Å². The molecule has 0 aliphatic heterocycles. The van der Waals surface area contributed by atoms with E-state index in [-0.39, 0.29) is 0 Å². The van der Waals surface area contributed by atoms with Gasteiger partial charge in [-0.05, 0) is 0 Å². The van der Waals surface area contributed by atoms with Crippen LogP contribution in [-0.4, -0.2) is 43.1 Å². The molecule has 0 spiro atoms. The second-order valence-corrected chi connectivity index (χ2v) is 4.18. The molecule has 0 bridgehead atoms. The number of hydrogen-bond donors (Lipinski definition) is 0. The summed E-state index contributed by atoms with van der Waals surface area (Å²) in [4.78, 5) is 21.3. The lowest BCUT2D eigenvalue weighted by Gasteiger charge is -2.40. The fourth-order valence-corrected chi connectivity index (χ4v) is 1.02. The van der Waals surface area contributed by atoms with Crippen LogP contribution in [0.15, 0.2) is 0 Å². The fourth-order valence-electron chi connectivity index (χ4n) is 1.02. The number of hydrogen-bond acceptors (Lipinski definition) is 5. The quantitative estimate of drug-likeness (QED) is 0.556. The van der Waals surface area contributed by atoms with Gasteiger partial charge in [0, 0.05) is 12.8 Å². The second kappa shape index (κ2) is 6.50. The number of alkyl halides is 6. The van der Waals surface area contributed by atoms with E-state index in [0.717, 1.165) is 6.92 Å². The van der Waals surface area contributed by atoms with Crippen molar-refractivity contribution in [3.8, 4) is 0 Å². The third-order valence-electron chi connectivity index (χ3n) is 2.16. The Bertz CT molecular complexity index is 374. The Morgan fingerprint density at radius 2 is 1.38 bits per heavy atom. The largest absolute Gasteiger partial charge is 0.828 e. The van der Waals surface area contributed by atoms with Gasteiger partial charge in [0.15, 0.2) is 5.60 Å². The lowest BCUT2D eigenvalue weighted by molar-refractivity contribution is -0.574. The molecular formula is C10H11F6O5-. The zero-order valence-electron chi connectivity index (χ0n) is 10.8. The van der Waals surface area contributed by atoms with Crippen LogP contribution in [0, 0.1) is 5.92 Å². The normalized spacial score (nSPS) is 14.5. The van der Waals surface area contributed by atoms with E-state index < -0.39 is 49.0 Å². The van der Waals surface area contributed by atoms with E-state index in [1.54, 1.807) is 0 Å². The minimum absolute atomic E-state index is 0.396. The Kier molecular flexibility index (Phi) is 6.03. The van der Waals surface area contributed by atoms with Gasteiger partial charge in [-0.3, -0.25) is 9.59 Å². The molecule has 0 N–H and O–H groups in total. The molecule has 0 rings (SSSR count). The highest BCUT2D eigenvalue weighted by molar-refractivity contribution is 5.81. The molecule has 124 valence electrons. The molecule has 0 aromatic heterocycles. The van der Waals surface area contributed by atoms with Crippen LogP contribution in [0.2, 0.25) is 0 Å². The van der Waals surface area contributed by atoms with Crippen LogP contribution in [0.3, 0.4) is 0 Å². The van der Waals surface area contributed by atoms with Crippen LogP contribution in [-0.2, 0) is 19.1 Å². The Morgan fingerprint density at radius 1 is 1.00 bits per heavy atom. The topological polar surface area (TPSA) is 75.7 Å². The van der Waals surface area contributed by atoms with E-state index >= 15 is 0 Å². The van der Waals surface area contributed by atoms with Crippen LogP contribution in [0.25, 0.3) is 0 Å². The van der Waals surface area contributed by atoms with Crippen LogP contribution >= 0.6 is 0 Å². The summed E-state index contributed by atoms with van der Waals surface area (Å²) in [6, 6.07) is 0. The van der Waals surface area contributed by atoms with Gasteiger partial charge < -0.3 is 14.6 Å². The Morgan fingerprint density at radius 3 is 1.71 bits per heavy atom. The molecule has 0 heterocycles. The van der Waals surface area contributed by atoms with Gasteiger partial charge in [0.05, 0.1) is 13.2 Å². The average molecular weight is 325 g/mol. The third-order valence-corrected chi connectivity index (χ3v) is 2.16. The molecule has 0 aromatic rings. The van der Waals surface area contributed by atoms with Gasteiger partial charge in [-0.15, -0.1) is 0 Å². The smallest absolute Gasteiger partial charge is 0.399 e. The maximum absolute atomic E-state index is 12.2. The van der Waals surface area contributed by atoms with Crippen molar-refractivity contribution in [1.29, 1.82) is 0 Å². The van der Waals surface area contributed by atoms with Crippen LogP contribution in [0.4, 0.5) is 26.3 Å². The molecule has 0 aromatic carbocycles. The average Bonchev–Trinajstić information content (AvgIpc) is 2.29. The molecule has 1 atom stereocenters. The van der Waals surface area contributed by atoms with E-state index in [4.69, 9.17) is 0 Å². The molecule has 11 heteroatoms. The summed E-state index contributed by atoms with van der Waals surface area (Å²) >= 11 is 0. The molecule has 0 radical (unpaired) electrons. The number of ether oxygens (including phenoxy) is 2. The second-order valence-electron chi connectivity index (χ2n) is 4.18. The van der Waals surface area contributed by atoms with Gasteiger partial charge in [-0.25, -0.2) is 0 Å². The van der Waals surface area contributed by atoms with Crippen LogP contribution in [0.5, 0.6) is 0 Å². The summed E-state index contributed by atoms with van der Waals surface area (Å²) in [6.45, 7) is 0.910. The van der Waals surface area contributed by atoms with E-state index in [2.05, 4.69) is 9.47 Å². The van der Waals surface area contributed by atoms with Gasteiger partial charge in [0.1, 0.15) is 0 Å². The Labute approximate surface area is 114 Å². The van der Waals surface area contributed by atoms with Crippen molar-refractivity contribution < 1.29 is 50.5 Å². The first kappa shape index (κ1) is 19.5. The lowest BCUT2D eigenvalue weighted by atomic mass is 10.0. The monoisotopic (exact) mass is 325 g/mol. The first-order valence-corrected chi connectivity index (χ1v) is 5.38. The van der Waals surface area contributed by atoms with E-state index in [9.17, 15) is 41.0 Å². The molecule has 21 heavy (non-hydrogen) atoms. The minimum atomic E-state index is -6.40. The van der Waals surface area contributed by atoms with Gasteiger partial charge in [-0.1, -0.05) is 6.92 Å². The van der Waals surface area contributed by atoms with Gasteiger partial charge in [-0.2, -0.15) is 26.3 Å². The summed E-state index contributed by atoms with van der Waals surface area (Å²) in [5, 5.41) is 10.9. The van der Waals surface area contributed by atoms with Crippen molar-refractivity contribution >= 4 is 11.9 Å². The van der Waals surface area contributed by atoms with Crippen molar-refractivity contribution in [3.05, 3.63) is 0 Å². The maximum Gasteiger partial charge on any atom is 0.399 e. The molecular weight excluding hydrogens is 314 g/mol. The molecule has 1 unspecified atom stereocenters. The van der Waals surface area contributed by atoms with E-state index in [0.29, 0.717) is 0 Å². The highest BCUT2D eigenvalue weighted by Gasteiger charge is 2.68. The highest BCUT2D eigenvalue weighted by Crippen LogP contribution is 2.41. The SMILES string of the molecule is CC(=O)OCC(C)COC(=O)C([O-])(C(F)(F)F)C(F)(F)F. The van der Waals surface area contributed by atoms with Crippen LogP contribution < -0.4 is 5.11 Å². The molecule has 0 amide bonds. The van der Waals surface area contributed by atoms with Crippen molar-refractivity contribution in [1.82, 2.24) is 0 Å². The summed E-state index contributed by atoms with van der Waals surface area (Å²) in [6.07, 6.45) is -12.8. The van der Waals surface area contributed by atoms with E-state index in [1.807, 2.05) is 0 Å². The zero-order valence-corrected chi connectivity index (χ0v) is 10.8. The number of rotatable bonds is 5. The fraction of sp³-hybridized carbons (Fsp3) is 0.800. The zero-order chi connectivity index (χ0) is 17.1. The number of carbonyl (C=O) groups is 2. The van der Waals surface area contributed by atoms with Gasteiger partial charge >= 0.3 is 24.3 Å². The third kappa shape index (κ3) is 4.76. The molecule has 0 saturated carbocycles. The summed E-state index contributed by atoms with van der Waals surface area (Å²) in [5.74, 6) is -4.63. The maximum atomic E-state index is 12.2.